The molecule has 1 saturated heterocycles. The van der Waals surface area contributed by atoms with Crippen molar-refractivity contribution in [1.29, 1.82) is 0 Å². The van der Waals surface area contributed by atoms with Gasteiger partial charge in [0.2, 0.25) is 11.8 Å². The molecular formula is C17H23N5O2S. The second-order valence-electron chi connectivity index (χ2n) is 6.42. The van der Waals surface area contributed by atoms with Crippen LogP contribution in [0.15, 0.2) is 17.9 Å². The minimum Gasteiger partial charge on any atom is -0.368 e. The van der Waals surface area contributed by atoms with Crippen molar-refractivity contribution >= 4 is 23.2 Å². The van der Waals surface area contributed by atoms with Crippen LogP contribution in [0.1, 0.15) is 41.6 Å². The number of piperidine rings is 1. The number of nitrogens with zero attached hydrogens (tertiary/aromatic N) is 4. The van der Waals surface area contributed by atoms with Crippen molar-refractivity contribution in [2.45, 2.75) is 45.1 Å². The Kier molecular flexibility index (Phi) is 5.47. The second-order valence-corrected chi connectivity index (χ2v) is 7.36. The predicted molar refractivity (Wildman–Crippen MR) is 95.1 cm³/mol. The summed E-state index contributed by atoms with van der Waals surface area (Å²) in [5, 5.41) is 0. The molecular weight excluding hydrogens is 338 g/mol. The van der Waals surface area contributed by atoms with E-state index in [0.29, 0.717) is 13.0 Å². The number of carbonyl (C=O) groups excluding carboxylic acids is 2. The fourth-order valence-electron chi connectivity index (χ4n) is 3.34. The first-order valence-electron chi connectivity index (χ1n) is 8.50. The number of carbonyl (C=O) groups is 2. The highest BCUT2D eigenvalue weighted by Crippen LogP contribution is 2.26. The lowest BCUT2D eigenvalue weighted by Crippen LogP contribution is -2.40. The number of nitrogens with two attached hydrogens (primary N) is 1. The zero-order valence-corrected chi connectivity index (χ0v) is 15.2. The molecule has 0 aliphatic carbocycles. The molecule has 1 fully saturated rings. The average Bonchev–Trinajstić information content (AvgIpc) is 3.21. The molecule has 1 atom stereocenters. The third kappa shape index (κ3) is 4.25. The number of likely N-dealkylation sites (tertiary alicyclic amines) is 1. The summed E-state index contributed by atoms with van der Waals surface area (Å²) in [5.74, 6) is 0.778. The van der Waals surface area contributed by atoms with Gasteiger partial charge in [0.05, 0.1) is 11.2 Å². The first-order valence-corrected chi connectivity index (χ1v) is 9.38. The molecule has 0 aromatic carbocycles. The lowest BCUT2D eigenvalue weighted by atomic mass is 9.96. The van der Waals surface area contributed by atoms with Crippen LogP contribution in [0.2, 0.25) is 0 Å². The van der Waals surface area contributed by atoms with E-state index >= 15 is 0 Å². The van der Waals surface area contributed by atoms with Crippen molar-refractivity contribution in [3.63, 3.8) is 0 Å². The molecule has 0 radical (unpaired) electrons. The van der Waals surface area contributed by atoms with Gasteiger partial charge in [0.15, 0.2) is 0 Å². The number of thiazole rings is 1. The van der Waals surface area contributed by atoms with Gasteiger partial charge in [0.25, 0.3) is 0 Å². The van der Waals surface area contributed by atoms with Crippen molar-refractivity contribution in [2.75, 3.05) is 13.1 Å². The Balaban J connectivity index is 1.61. The van der Waals surface area contributed by atoms with E-state index in [0.717, 1.165) is 37.3 Å². The molecule has 2 amide bonds. The van der Waals surface area contributed by atoms with Crippen LogP contribution in [-0.4, -0.2) is 44.3 Å². The third-order valence-electron chi connectivity index (χ3n) is 4.62. The Morgan fingerprint density at radius 1 is 1.40 bits per heavy atom. The summed E-state index contributed by atoms with van der Waals surface area (Å²) in [6.07, 6.45) is 6.62. The normalized spacial score (nSPS) is 17.6. The van der Waals surface area contributed by atoms with Gasteiger partial charge in [-0.25, -0.2) is 9.97 Å². The zero-order chi connectivity index (χ0) is 17.8. The fraction of sp³-hybridized carbons (Fsp3) is 0.529. The van der Waals surface area contributed by atoms with Crippen molar-refractivity contribution in [3.05, 3.63) is 34.3 Å². The van der Waals surface area contributed by atoms with Gasteiger partial charge >= 0.3 is 0 Å². The van der Waals surface area contributed by atoms with Crippen molar-refractivity contribution < 1.29 is 9.59 Å². The maximum atomic E-state index is 12.6. The molecule has 0 unspecified atom stereocenters. The van der Waals surface area contributed by atoms with Crippen molar-refractivity contribution in [3.8, 4) is 0 Å². The summed E-state index contributed by atoms with van der Waals surface area (Å²) in [7, 11) is 0. The highest BCUT2D eigenvalue weighted by atomic mass is 32.1. The number of amides is 2. The Morgan fingerprint density at radius 3 is 2.96 bits per heavy atom. The lowest BCUT2D eigenvalue weighted by Gasteiger charge is -2.32. The van der Waals surface area contributed by atoms with Gasteiger partial charge in [-0.05, 0) is 26.2 Å². The Bertz CT molecular complexity index is 754. The van der Waals surface area contributed by atoms with Crippen molar-refractivity contribution in [1.82, 2.24) is 19.4 Å². The number of hydrogen-bond acceptors (Lipinski definition) is 5. The predicted octanol–water partition coefficient (Wildman–Crippen LogP) is 1.47. The number of hydrogen-bond donors (Lipinski definition) is 1. The summed E-state index contributed by atoms with van der Waals surface area (Å²) in [6, 6.07) is 0. The first kappa shape index (κ1) is 17.6. The highest BCUT2D eigenvalue weighted by Gasteiger charge is 2.27. The van der Waals surface area contributed by atoms with Gasteiger partial charge in [-0.1, -0.05) is 0 Å². The Hall–Kier alpha value is -2.22. The van der Waals surface area contributed by atoms with Crippen LogP contribution >= 0.6 is 11.3 Å². The molecule has 3 rings (SSSR count). The molecule has 2 aromatic heterocycles. The average molecular weight is 361 g/mol. The van der Waals surface area contributed by atoms with Crippen molar-refractivity contribution in [2.24, 2.45) is 5.73 Å². The third-order valence-corrected chi connectivity index (χ3v) is 5.62. The highest BCUT2D eigenvalue weighted by molar-refractivity contribution is 7.09. The van der Waals surface area contributed by atoms with E-state index in [-0.39, 0.29) is 24.3 Å². The van der Waals surface area contributed by atoms with E-state index in [1.54, 1.807) is 28.3 Å². The molecule has 2 N–H and O–H groups in total. The quantitative estimate of drug-likeness (QED) is 0.843. The van der Waals surface area contributed by atoms with Crippen LogP contribution in [0.3, 0.4) is 0 Å². The van der Waals surface area contributed by atoms with Gasteiger partial charge in [0.1, 0.15) is 12.4 Å². The Morgan fingerprint density at radius 2 is 2.24 bits per heavy atom. The van der Waals surface area contributed by atoms with Crippen LogP contribution in [0.5, 0.6) is 0 Å². The van der Waals surface area contributed by atoms with E-state index in [1.807, 2.05) is 17.3 Å². The van der Waals surface area contributed by atoms with Gasteiger partial charge < -0.3 is 15.2 Å². The Labute approximate surface area is 150 Å². The first-order chi connectivity index (χ1) is 12.0. The molecule has 3 heterocycles. The van der Waals surface area contributed by atoms with Gasteiger partial charge in [0, 0.05) is 42.7 Å². The maximum absolute atomic E-state index is 12.6. The van der Waals surface area contributed by atoms with Gasteiger partial charge in [-0.2, -0.15) is 0 Å². The SMILES string of the molecule is Cc1ncsc1CCC(=O)N1CCC[C@@H](c2nccn2CC(N)=O)C1. The van der Waals surface area contributed by atoms with Crippen LogP contribution in [0.4, 0.5) is 0 Å². The topological polar surface area (TPSA) is 94.1 Å². The fourth-order valence-corrected chi connectivity index (χ4v) is 4.12. The number of aryl methyl sites for hydroxylation is 2. The van der Waals surface area contributed by atoms with E-state index in [9.17, 15) is 9.59 Å². The smallest absolute Gasteiger partial charge is 0.237 e. The minimum absolute atomic E-state index is 0.129. The molecule has 0 bridgehead atoms. The second kappa shape index (κ2) is 7.77. The summed E-state index contributed by atoms with van der Waals surface area (Å²) in [6.45, 7) is 3.54. The molecule has 8 heteroatoms. The number of primary amides is 1. The summed E-state index contributed by atoms with van der Waals surface area (Å²) >= 11 is 1.61. The molecule has 2 aromatic rings. The van der Waals surface area contributed by atoms with Crippen LogP contribution in [-0.2, 0) is 22.6 Å². The zero-order valence-electron chi connectivity index (χ0n) is 14.4. The number of imidazole rings is 1. The summed E-state index contributed by atoms with van der Waals surface area (Å²) < 4.78 is 1.79. The monoisotopic (exact) mass is 361 g/mol. The standard InChI is InChI=1S/C17H23N5O2S/c1-12-14(25-11-20-12)4-5-16(24)21-7-2-3-13(9-21)17-19-6-8-22(17)10-15(18)23/h6,8,11,13H,2-5,7,9-10H2,1H3,(H2,18,23)/t13-/m1/s1. The van der Waals surface area contributed by atoms with Gasteiger partial charge in [-0.3, -0.25) is 9.59 Å². The van der Waals surface area contributed by atoms with E-state index in [1.165, 1.54) is 4.88 Å². The lowest BCUT2D eigenvalue weighted by molar-refractivity contribution is -0.132. The molecule has 0 spiro atoms. The molecule has 134 valence electrons. The van der Waals surface area contributed by atoms with Crippen LogP contribution < -0.4 is 5.73 Å². The molecule has 7 nitrogen and oxygen atoms in total. The largest absolute Gasteiger partial charge is 0.368 e. The number of aromatic nitrogens is 3. The van der Waals surface area contributed by atoms with E-state index < -0.39 is 0 Å². The maximum Gasteiger partial charge on any atom is 0.237 e. The molecule has 25 heavy (non-hydrogen) atoms. The van der Waals surface area contributed by atoms with Gasteiger partial charge in [-0.15, -0.1) is 11.3 Å². The number of rotatable bonds is 6. The molecule has 1 aliphatic heterocycles. The summed E-state index contributed by atoms with van der Waals surface area (Å²) in [5.41, 5.74) is 8.14. The van der Waals surface area contributed by atoms with E-state index in [4.69, 9.17) is 5.73 Å². The van der Waals surface area contributed by atoms with Crippen LogP contribution in [0, 0.1) is 6.92 Å². The minimum atomic E-state index is -0.386. The molecule has 1 aliphatic rings. The molecule has 0 saturated carbocycles. The van der Waals surface area contributed by atoms with Crippen LogP contribution in [0.25, 0.3) is 0 Å². The summed E-state index contributed by atoms with van der Waals surface area (Å²) in [4.78, 5) is 35.5. The van der Waals surface area contributed by atoms with E-state index in [2.05, 4.69) is 9.97 Å².